The van der Waals surface area contributed by atoms with Crippen LogP contribution in [0.2, 0.25) is 5.02 Å². The summed E-state index contributed by atoms with van der Waals surface area (Å²) in [7, 11) is 1.78. The van der Waals surface area contributed by atoms with E-state index in [1.807, 2.05) is 18.4 Å². The lowest BCUT2D eigenvalue weighted by Gasteiger charge is -2.11. The molecule has 2 heterocycles. The number of halogens is 4. The fraction of sp³-hybridized carbons (Fsp3) is 0.235. The Hall–Kier alpha value is -2.04. The number of carbonyl (C=O) groups is 1. The van der Waals surface area contributed by atoms with Crippen molar-refractivity contribution in [1.29, 1.82) is 0 Å². The van der Waals surface area contributed by atoms with Gasteiger partial charge in [-0.05, 0) is 31.2 Å². The van der Waals surface area contributed by atoms with Gasteiger partial charge in [0, 0.05) is 22.9 Å². The van der Waals surface area contributed by atoms with Crippen LogP contribution < -0.4 is 5.32 Å². The first-order chi connectivity index (χ1) is 13.1. The van der Waals surface area contributed by atoms with E-state index in [0.717, 1.165) is 40.4 Å². The van der Waals surface area contributed by atoms with Crippen molar-refractivity contribution in [3.63, 3.8) is 0 Å². The molecule has 0 saturated heterocycles. The number of thioether (sulfide) groups is 1. The zero-order chi connectivity index (χ0) is 20.5. The van der Waals surface area contributed by atoms with E-state index in [0.29, 0.717) is 11.0 Å². The molecule has 0 atom stereocenters. The van der Waals surface area contributed by atoms with Gasteiger partial charge in [-0.1, -0.05) is 23.4 Å². The van der Waals surface area contributed by atoms with Crippen molar-refractivity contribution in [1.82, 2.24) is 14.8 Å². The fourth-order valence-electron chi connectivity index (χ4n) is 2.37. The van der Waals surface area contributed by atoms with Crippen molar-refractivity contribution in [3.8, 4) is 11.4 Å². The Morgan fingerprint density at radius 3 is 2.71 bits per heavy atom. The van der Waals surface area contributed by atoms with E-state index in [9.17, 15) is 18.0 Å². The van der Waals surface area contributed by atoms with Gasteiger partial charge in [-0.15, -0.1) is 21.5 Å². The number of nitrogens with zero attached hydrogens (tertiary/aromatic N) is 3. The van der Waals surface area contributed by atoms with Crippen LogP contribution in [0.4, 0.5) is 18.9 Å². The highest BCUT2D eigenvalue weighted by Crippen LogP contribution is 2.34. The Labute approximate surface area is 171 Å². The molecule has 2 aromatic heterocycles. The second kappa shape index (κ2) is 8.14. The minimum Gasteiger partial charge on any atom is -0.324 e. The highest BCUT2D eigenvalue weighted by molar-refractivity contribution is 7.99. The van der Waals surface area contributed by atoms with Crippen LogP contribution in [0.25, 0.3) is 11.4 Å². The number of benzene rings is 1. The normalized spacial score (nSPS) is 11.6. The molecular formula is C17H14ClF3N4OS2. The van der Waals surface area contributed by atoms with Crippen molar-refractivity contribution >= 4 is 46.3 Å². The van der Waals surface area contributed by atoms with Crippen LogP contribution in [0, 0.1) is 6.92 Å². The number of rotatable bonds is 5. The molecule has 28 heavy (non-hydrogen) atoms. The van der Waals surface area contributed by atoms with Crippen LogP contribution in [0.15, 0.2) is 34.8 Å². The minimum atomic E-state index is -4.52. The highest BCUT2D eigenvalue weighted by atomic mass is 35.5. The summed E-state index contributed by atoms with van der Waals surface area (Å²) in [5.74, 6) is 0.122. The zero-order valence-electron chi connectivity index (χ0n) is 14.7. The number of aromatic nitrogens is 3. The van der Waals surface area contributed by atoms with E-state index >= 15 is 0 Å². The first kappa shape index (κ1) is 20.7. The highest BCUT2D eigenvalue weighted by Gasteiger charge is 2.31. The van der Waals surface area contributed by atoms with Crippen LogP contribution in [0.5, 0.6) is 0 Å². The third kappa shape index (κ3) is 4.68. The van der Waals surface area contributed by atoms with Crippen LogP contribution in [-0.4, -0.2) is 26.4 Å². The molecule has 5 nitrogen and oxygen atoms in total. The van der Waals surface area contributed by atoms with Crippen molar-refractivity contribution in [2.75, 3.05) is 11.1 Å². The number of alkyl halides is 3. The summed E-state index contributed by atoms with van der Waals surface area (Å²) in [6.45, 7) is 1.99. The summed E-state index contributed by atoms with van der Waals surface area (Å²) in [4.78, 5) is 13.3. The second-order valence-corrected chi connectivity index (χ2v) is 8.31. The topological polar surface area (TPSA) is 59.8 Å². The van der Waals surface area contributed by atoms with Gasteiger partial charge in [0.05, 0.1) is 22.0 Å². The molecule has 0 aliphatic heterocycles. The van der Waals surface area contributed by atoms with Crippen LogP contribution in [-0.2, 0) is 18.0 Å². The van der Waals surface area contributed by atoms with Crippen molar-refractivity contribution < 1.29 is 18.0 Å². The van der Waals surface area contributed by atoms with Crippen LogP contribution in [0.1, 0.15) is 10.4 Å². The Morgan fingerprint density at radius 2 is 2.07 bits per heavy atom. The number of nitrogens with one attached hydrogen (secondary N) is 1. The molecule has 0 bridgehead atoms. The molecule has 11 heteroatoms. The van der Waals surface area contributed by atoms with E-state index in [4.69, 9.17) is 11.6 Å². The molecule has 0 aliphatic carbocycles. The number of amides is 1. The molecule has 148 valence electrons. The maximum absolute atomic E-state index is 12.8. The van der Waals surface area contributed by atoms with Crippen LogP contribution >= 0.6 is 34.7 Å². The summed E-state index contributed by atoms with van der Waals surface area (Å²) in [6, 6.07) is 4.76. The largest absolute Gasteiger partial charge is 0.416 e. The Morgan fingerprint density at radius 1 is 1.32 bits per heavy atom. The first-order valence-electron chi connectivity index (χ1n) is 7.89. The van der Waals surface area contributed by atoms with Gasteiger partial charge in [-0.3, -0.25) is 4.79 Å². The molecule has 3 aromatic rings. The Balaban J connectivity index is 1.66. The minimum absolute atomic E-state index is 0.0279. The summed E-state index contributed by atoms with van der Waals surface area (Å²) in [6.07, 6.45) is -4.52. The number of anilines is 1. The first-order valence-corrected chi connectivity index (χ1v) is 10.1. The van der Waals surface area contributed by atoms with E-state index < -0.39 is 17.6 Å². The average molecular weight is 447 g/mol. The van der Waals surface area contributed by atoms with Crippen molar-refractivity contribution in [2.45, 2.75) is 18.3 Å². The maximum Gasteiger partial charge on any atom is 0.416 e. The molecule has 1 amide bonds. The predicted molar refractivity (Wildman–Crippen MR) is 105 cm³/mol. The van der Waals surface area contributed by atoms with Crippen molar-refractivity contribution in [3.05, 3.63) is 45.1 Å². The Kier molecular flexibility index (Phi) is 6.01. The van der Waals surface area contributed by atoms with Crippen molar-refractivity contribution in [2.24, 2.45) is 7.05 Å². The predicted octanol–water partition coefficient (Wildman–Crippen LogP) is 5.26. The average Bonchev–Trinajstić information content (AvgIpc) is 3.19. The lowest BCUT2D eigenvalue weighted by Crippen LogP contribution is -2.16. The number of hydrogen-bond acceptors (Lipinski definition) is 5. The molecule has 0 unspecified atom stereocenters. The van der Waals surface area contributed by atoms with Gasteiger partial charge in [0.1, 0.15) is 0 Å². The fourth-order valence-corrected chi connectivity index (χ4v) is 3.92. The lowest BCUT2D eigenvalue weighted by atomic mass is 10.2. The number of thiophene rings is 1. The lowest BCUT2D eigenvalue weighted by molar-refractivity contribution is -0.137. The standard InChI is InChI=1S/C17H14ClF3N4OS2/c1-9-5-10(7-27-9)15-23-24-16(25(15)2)28-8-14(26)22-13-6-11(17(19,20)21)3-4-12(13)18/h3-7H,8H2,1-2H3,(H,22,26). The zero-order valence-corrected chi connectivity index (χ0v) is 17.1. The van der Waals surface area contributed by atoms with Gasteiger partial charge in [0.15, 0.2) is 11.0 Å². The maximum atomic E-state index is 12.8. The molecule has 0 spiro atoms. The molecule has 1 N–H and O–H groups in total. The summed E-state index contributed by atoms with van der Waals surface area (Å²) < 4.78 is 40.2. The summed E-state index contributed by atoms with van der Waals surface area (Å²) >= 11 is 8.62. The molecular weight excluding hydrogens is 433 g/mol. The molecule has 1 aromatic carbocycles. The number of hydrogen-bond donors (Lipinski definition) is 1. The van der Waals surface area contributed by atoms with Gasteiger partial charge in [-0.25, -0.2) is 0 Å². The molecule has 0 saturated carbocycles. The van der Waals surface area contributed by atoms with Gasteiger partial charge >= 0.3 is 6.18 Å². The van der Waals surface area contributed by atoms with Gasteiger partial charge in [-0.2, -0.15) is 13.2 Å². The van der Waals surface area contributed by atoms with Gasteiger partial charge < -0.3 is 9.88 Å². The van der Waals surface area contributed by atoms with Gasteiger partial charge in [0.2, 0.25) is 5.91 Å². The summed E-state index contributed by atoms with van der Waals surface area (Å²) in [5.41, 5.74) is -0.0390. The van der Waals surface area contributed by atoms with Gasteiger partial charge in [0.25, 0.3) is 0 Å². The number of aryl methyl sites for hydroxylation is 1. The molecule has 0 aliphatic rings. The molecule has 0 radical (unpaired) electrons. The van der Waals surface area contributed by atoms with Crippen LogP contribution in [0.3, 0.4) is 0 Å². The van der Waals surface area contributed by atoms with E-state index in [-0.39, 0.29) is 16.5 Å². The third-order valence-electron chi connectivity index (χ3n) is 3.72. The molecule has 0 fully saturated rings. The number of carbonyl (C=O) groups excluding carboxylic acids is 1. The van der Waals surface area contributed by atoms with E-state index in [1.54, 1.807) is 23.0 Å². The quantitative estimate of drug-likeness (QED) is 0.543. The SMILES string of the molecule is Cc1cc(-c2nnc(SCC(=O)Nc3cc(C(F)(F)F)ccc3Cl)n2C)cs1. The third-order valence-corrected chi connectivity index (χ3v) is 5.94. The smallest absolute Gasteiger partial charge is 0.324 e. The second-order valence-electron chi connectivity index (χ2n) is 5.84. The summed E-state index contributed by atoms with van der Waals surface area (Å²) in [5, 5.41) is 13.1. The Bertz CT molecular complexity index is 1020. The monoisotopic (exact) mass is 446 g/mol. The van der Waals surface area contributed by atoms with E-state index in [1.165, 1.54) is 0 Å². The molecule has 3 rings (SSSR count). The van der Waals surface area contributed by atoms with E-state index in [2.05, 4.69) is 15.5 Å².